The minimum atomic E-state index is -0.192. The molecule has 2 aromatic heterocycles. The molecule has 0 saturated carbocycles. The van der Waals surface area contributed by atoms with Crippen molar-refractivity contribution < 1.29 is 9.53 Å². The molecule has 0 spiro atoms. The summed E-state index contributed by atoms with van der Waals surface area (Å²) in [6, 6.07) is 8.59. The van der Waals surface area contributed by atoms with Gasteiger partial charge in [0.25, 0.3) is 0 Å². The summed E-state index contributed by atoms with van der Waals surface area (Å²) in [6.07, 6.45) is 3.04. The van der Waals surface area contributed by atoms with Crippen molar-refractivity contribution in [1.82, 2.24) is 19.9 Å². The third-order valence-corrected chi connectivity index (χ3v) is 2.98. The van der Waals surface area contributed by atoms with E-state index in [1.165, 1.54) is 10.9 Å². The number of nitrogens with one attached hydrogen (secondary N) is 1. The zero-order chi connectivity index (χ0) is 14.8. The van der Waals surface area contributed by atoms with Crippen LogP contribution < -0.4 is 15.8 Å². The Kier molecular flexibility index (Phi) is 3.15. The molecule has 0 radical (unpaired) electrons. The van der Waals surface area contributed by atoms with Gasteiger partial charge < -0.3 is 15.8 Å². The second kappa shape index (κ2) is 5.12. The highest BCUT2D eigenvalue weighted by Crippen LogP contribution is 2.25. The van der Waals surface area contributed by atoms with Gasteiger partial charge >= 0.3 is 6.03 Å². The van der Waals surface area contributed by atoms with Gasteiger partial charge in [-0.1, -0.05) is 0 Å². The van der Waals surface area contributed by atoms with Crippen LogP contribution in [0.15, 0.2) is 42.9 Å². The van der Waals surface area contributed by atoms with Crippen molar-refractivity contribution in [3.05, 3.63) is 42.9 Å². The number of fused-ring (bicyclic) bond motifs is 1. The van der Waals surface area contributed by atoms with Crippen LogP contribution in [-0.2, 0) is 0 Å². The number of rotatable bonds is 2. The summed E-state index contributed by atoms with van der Waals surface area (Å²) in [5.74, 6) is 1.31. The highest BCUT2D eigenvalue weighted by atomic mass is 16.5. The molecule has 0 saturated heterocycles. The standard InChI is InChI=1S/C14H13N5O2/c1-16-14(20)19-5-4-9-6-10(2-3-11(9)19)21-13-7-12(15)17-8-18-13/h2-8H,1H3,(H,16,20)(H2,15,17,18). The summed E-state index contributed by atoms with van der Waals surface area (Å²) in [6.45, 7) is 0. The largest absolute Gasteiger partial charge is 0.439 e. The van der Waals surface area contributed by atoms with Crippen molar-refractivity contribution in [2.45, 2.75) is 0 Å². The van der Waals surface area contributed by atoms with Crippen LogP contribution in [0.1, 0.15) is 0 Å². The Hall–Kier alpha value is -3.09. The van der Waals surface area contributed by atoms with Gasteiger partial charge in [0.05, 0.1) is 5.52 Å². The molecule has 21 heavy (non-hydrogen) atoms. The molecule has 0 aliphatic carbocycles. The Morgan fingerprint density at radius 2 is 2.14 bits per heavy atom. The van der Waals surface area contributed by atoms with Crippen LogP contribution in [0, 0.1) is 0 Å². The predicted molar refractivity (Wildman–Crippen MR) is 78.3 cm³/mol. The molecule has 3 N–H and O–H groups in total. The lowest BCUT2D eigenvalue weighted by Gasteiger charge is -2.06. The van der Waals surface area contributed by atoms with Crippen LogP contribution in [0.2, 0.25) is 0 Å². The number of ether oxygens (including phenoxy) is 1. The van der Waals surface area contributed by atoms with E-state index >= 15 is 0 Å². The zero-order valence-corrected chi connectivity index (χ0v) is 11.3. The van der Waals surface area contributed by atoms with Crippen LogP contribution in [0.25, 0.3) is 10.9 Å². The van der Waals surface area contributed by atoms with E-state index in [0.29, 0.717) is 17.4 Å². The molecule has 0 aliphatic heterocycles. The van der Waals surface area contributed by atoms with Crippen molar-refractivity contribution in [2.75, 3.05) is 12.8 Å². The highest BCUT2D eigenvalue weighted by Gasteiger charge is 2.08. The Labute approximate surface area is 120 Å². The fourth-order valence-electron chi connectivity index (χ4n) is 2.01. The lowest BCUT2D eigenvalue weighted by molar-refractivity contribution is 0.245. The quantitative estimate of drug-likeness (QED) is 0.750. The van der Waals surface area contributed by atoms with Crippen LogP contribution in [-0.4, -0.2) is 27.6 Å². The lowest BCUT2D eigenvalue weighted by atomic mass is 10.2. The number of hydrogen-bond acceptors (Lipinski definition) is 5. The number of nitrogen functional groups attached to an aromatic ring is 1. The number of anilines is 1. The van der Waals surface area contributed by atoms with E-state index in [-0.39, 0.29) is 6.03 Å². The second-order valence-corrected chi connectivity index (χ2v) is 4.34. The summed E-state index contributed by atoms with van der Waals surface area (Å²) in [5, 5.41) is 3.47. The van der Waals surface area contributed by atoms with Crippen molar-refractivity contribution in [1.29, 1.82) is 0 Å². The number of benzene rings is 1. The monoisotopic (exact) mass is 283 g/mol. The predicted octanol–water partition coefficient (Wildman–Crippen LogP) is 1.99. The normalized spacial score (nSPS) is 10.5. The van der Waals surface area contributed by atoms with E-state index in [4.69, 9.17) is 10.5 Å². The first-order valence-electron chi connectivity index (χ1n) is 6.26. The number of nitrogens with zero attached hydrogens (tertiary/aromatic N) is 3. The van der Waals surface area contributed by atoms with E-state index in [2.05, 4.69) is 15.3 Å². The molecule has 0 aliphatic rings. The summed E-state index contributed by atoms with van der Waals surface area (Å²) in [7, 11) is 1.59. The minimum Gasteiger partial charge on any atom is -0.439 e. The molecule has 0 atom stereocenters. The van der Waals surface area contributed by atoms with Gasteiger partial charge in [-0.15, -0.1) is 0 Å². The topological polar surface area (TPSA) is 95.1 Å². The van der Waals surface area contributed by atoms with E-state index < -0.39 is 0 Å². The number of hydrogen-bond donors (Lipinski definition) is 2. The fourth-order valence-corrected chi connectivity index (χ4v) is 2.01. The maximum absolute atomic E-state index is 11.7. The van der Waals surface area contributed by atoms with Gasteiger partial charge in [0.15, 0.2) is 0 Å². The molecule has 3 aromatic rings. The third-order valence-electron chi connectivity index (χ3n) is 2.98. The Balaban J connectivity index is 1.93. The van der Waals surface area contributed by atoms with Gasteiger partial charge in [0.2, 0.25) is 5.88 Å². The minimum absolute atomic E-state index is 0.192. The molecule has 3 rings (SSSR count). The maximum Gasteiger partial charge on any atom is 0.325 e. The number of aromatic nitrogens is 3. The van der Waals surface area contributed by atoms with E-state index in [9.17, 15) is 4.79 Å². The molecule has 7 heteroatoms. The highest BCUT2D eigenvalue weighted by molar-refractivity contribution is 5.92. The SMILES string of the molecule is CNC(=O)n1ccc2cc(Oc3cc(N)ncn3)ccc21. The first-order chi connectivity index (χ1) is 10.2. The Morgan fingerprint density at radius 1 is 1.29 bits per heavy atom. The van der Waals surface area contributed by atoms with Crippen LogP contribution in [0.4, 0.5) is 10.6 Å². The second-order valence-electron chi connectivity index (χ2n) is 4.34. The van der Waals surface area contributed by atoms with Crippen molar-refractivity contribution >= 4 is 22.8 Å². The van der Waals surface area contributed by atoms with Crippen LogP contribution in [0.5, 0.6) is 11.6 Å². The summed E-state index contributed by atoms with van der Waals surface area (Å²) in [4.78, 5) is 19.5. The third kappa shape index (κ3) is 2.48. The fraction of sp³-hybridized carbons (Fsp3) is 0.0714. The smallest absolute Gasteiger partial charge is 0.325 e. The number of carbonyl (C=O) groups is 1. The number of nitrogens with two attached hydrogens (primary N) is 1. The summed E-state index contributed by atoms with van der Waals surface area (Å²) < 4.78 is 7.15. The van der Waals surface area contributed by atoms with Crippen molar-refractivity contribution in [3.8, 4) is 11.6 Å². The van der Waals surface area contributed by atoms with Crippen molar-refractivity contribution in [2.24, 2.45) is 0 Å². The first kappa shape index (κ1) is 12.9. The zero-order valence-electron chi connectivity index (χ0n) is 11.3. The molecule has 7 nitrogen and oxygen atoms in total. The molecule has 1 amide bonds. The van der Waals surface area contributed by atoms with Crippen molar-refractivity contribution in [3.63, 3.8) is 0 Å². The molecule has 1 aromatic carbocycles. The van der Waals surface area contributed by atoms with Gasteiger partial charge in [-0.2, -0.15) is 0 Å². The van der Waals surface area contributed by atoms with E-state index in [1.54, 1.807) is 25.4 Å². The van der Waals surface area contributed by atoms with Gasteiger partial charge in [-0.05, 0) is 24.3 Å². The lowest BCUT2D eigenvalue weighted by Crippen LogP contribution is -2.23. The first-order valence-corrected chi connectivity index (χ1v) is 6.26. The molecule has 106 valence electrons. The Morgan fingerprint density at radius 3 is 2.90 bits per heavy atom. The molecule has 0 unspecified atom stereocenters. The Bertz CT molecular complexity index is 812. The molecular formula is C14H13N5O2. The summed E-state index contributed by atoms with van der Waals surface area (Å²) in [5.41, 5.74) is 6.37. The molecule has 0 bridgehead atoms. The van der Waals surface area contributed by atoms with Gasteiger partial charge in [0, 0.05) is 24.7 Å². The number of carbonyl (C=O) groups excluding carboxylic acids is 1. The average molecular weight is 283 g/mol. The van der Waals surface area contributed by atoms with Gasteiger partial charge in [-0.3, -0.25) is 4.57 Å². The average Bonchev–Trinajstić information content (AvgIpc) is 2.89. The van der Waals surface area contributed by atoms with E-state index in [0.717, 1.165) is 10.9 Å². The number of amides is 1. The van der Waals surface area contributed by atoms with Gasteiger partial charge in [-0.25, -0.2) is 14.8 Å². The van der Waals surface area contributed by atoms with Crippen LogP contribution in [0.3, 0.4) is 0 Å². The van der Waals surface area contributed by atoms with Gasteiger partial charge in [0.1, 0.15) is 17.9 Å². The molecule has 2 heterocycles. The summed E-state index contributed by atoms with van der Waals surface area (Å²) >= 11 is 0. The van der Waals surface area contributed by atoms with Crippen LogP contribution >= 0.6 is 0 Å². The molecule has 0 fully saturated rings. The molecular weight excluding hydrogens is 270 g/mol. The van der Waals surface area contributed by atoms with E-state index in [1.807, 2.05) is 18.2 Å². The maximum atomic E-state index is 11.7.